The van der Waals surface area contributed by atoms with Gasteiger partial charge in [-0.1, -0.05) is 23.7 Å². The Labute approximate surface area is 209 Å². The second-order valence-corrected chi connectivity index (χ2v) is 8.87. The van der Waals surface area contributed by atoms with Gasteiger partial charge in [-0.3, -0.25) is 9.59 Å². The van der Waals surface area contributed by atoms with Crippen molar-refractivity contribution in [1.29, 1.82) is 0 Å². The minimum atomic E-state index is -4.72. The van der Waals surface area contributed by atoms with Crippen LogP contribution in [0.2, 0.25) is 5.15 Å². The number of benzene rings is 1. The topological polar surface area (TPSA) is 101 Å². The first-order valence-corrected chi connectivity index (χ1v) is 11.4. The number of amides is 2. The van der Waals surface area contributed by atoms with E-state index in [1.165, 1.54) is 35.9 Å². The second kappa shape index (κ2) is 9.94. The van der Waals surface area contributed by atoms with Crippen molar-refractivity contribution in [3.05, 3.63) is 52.9 Å². The number of nitrogens with one attached hydrogen (secondary N) is 2. The molecule has 4 rings (SSSR count). The van der Waals surface area contributed by atoms with Crippen LogP contribution in [0.4, 0.5) is 24.5 Å². The van der Waals surface area contributed by atoms with Gasteiger partial charge in [-0.25, -0.2) is 9.50 Å². The third-order valence-corrected chi connectivity index (χ3v) is 6.29. The molecule has 3 atom stereocenters. The normalized spacial score (nSPS) is 17.6. The molecule has 1 aliphatic heterocycles. The van der Waals surface area contributed by atoms with Crippen LogP contribution >= 0.6 is 11.6 Å². The molecule has 3 aromatic rings. The van der Waals surface area contributed by atoms with Crippen LogP contribution in [0.1, 0.15) is 43.0 Å². The molecule has 13 heteroatoms. The largest absolute Gasteiger partial charge is 0.413 e. The summed E-state index contributed by atoms with van der Waals surface area (Å²) >= 11 is 6.02. The van der Waals surface area contributed by atoms with Crippen molar-refractivity contribution < 1.29 is 27.5 Å². The number of methoxy groups -OCH3 is 1. The average Bonchev–Trinajstić information content (AvgIpc) is 3.42. The zero-order valence-corrected chi connectivity index (χ0v) is 20.4. The monoisotopic (exact) mass is 524 g/mol. The summed E-state index contributed by atoms with van der Waals surface area (Å²) in [5.74, 6) is -1.14. The molecule has 9 nitrogen and oxygen atoms in total. The SMILES string of the molecule is CO[C@@H](C)c1c(Nc2ccc([C@H](N(C)C(=O)[C@@H]3CCC(=O)N3)C(F)(F)F)cc2)cnn2cc(Cl)nc12. The smallest absolute Gasteiger partial charge is 0.377 e. The zero-order valence-electron chi connectivity index (χ0n) is 19.6. The fourth-order valence-corrected chi connectivity index (χ4v) is 4.42. The maximum absolute atomic E-state index is 14.0. The van der Waals surface area contributed by atoms with E-state index in [1.54, 1.807) is 12.4 Å². The van der Waals surface area contributed by atoms with Gasteiger partial charge < -0.3 is 20.3 Å². The zero-order chi connectivity index (χ0) is 26.2. The number of anilines is 2. The number of nitrogens with zero attached hydrogens (tertiary/aromatic N) is 4. The second-order valence-electron chi connectivity index (χ2n) is 8.48. The number of likely N-dealkylation sites (N-methyl/N-ethyl adjacent to an activating group) is 1. The summed E-state index contributed by atoms with van der Waals surface area (Å²) in [6.45, 7) is 1.82. The summed E-state index contributed by atoms with van der Waals surface area (Å²) in [5, 5.41) is 10.1. The fourth-order valence-electron chi connectivity index (χ4n) is 4.25. The van der Waals surface area contributed by atoms with Crippen LogP contribution < -0.4 is 10.6 Å². The number of carbonyl (C=O) groups is 2. The van der Waals surface area contributed by atoms with Crippen molar-refractivity contribution in [2.45, 2.75) is 44.1 Å². The number of rotatable bonds is 7. The van der Waals surface area contributed by atoms with Crippen LogP contribution in [0.3, 0.4) is 0 Å². The van der Waals surface area contributed by atoms with Gasteiger partial charge in [-0.2, -0.15) is 18.3 Å². The third kappa shape index (κ3) is 5.09. The van der Waals surface area contributed by atoms with Crippen LogP contribution in [-0.4, -0.2) is 57.7 Å². The minimum Gasteiger partial charge on any atom is -0.377 e. The highest BCUT2D eigenvalue weighted by molar-refractivity contribution is 6.29. The Bertz CT molecular complexity index is 1280. The molecule has 0 bridgehead atoms. The lowest BCUT2D eigenvalue weighted by atomic mass is 10.0. The standard InChI is InChI=1S/C23H24ClF3N6O3/c1-12(36-3)19-16(10-28-33-11-17(24)31-21(19)33)29-14-6-4-13(5-7-14)20(23(25,26)27)32(2)22(35)15-8-9-18(34)30-15/h4-7,10-12,15,20,29H,8-9H2,1-3H3,(H,30,34)/t12-,15-,20-/m0/s1. The van der Waals surface area contributed by atoms with E-state index in [4.69, 9.17) is 16.3 Å². The molecule has 0 aliphatic carbocycles. The summed E-state index contributed by atoms with van der Waals surface area (Å²) < 4.78 is 49.0. The predicted molar refractivity (Wildman–Crippen MR) is 126 cm³/mol. The van der Waals surface area contributed by atoms with Gasteiger partial charge in [0.15, 0.2) is 11.7 Å². The highest BCUT2D eigenvalue weighted by Crippen LogP contribution is 2.38. The van der Waals surface area contributed by atoms with Gasteiger partial charge in [-0.15, -0.1) is 0 Å². The van der Waals surface area contributed by atoms with Crippen LogP contribution in [0, 0.1) is 0 Å². The molecule has 36 heavy (non-hydrogen) atoms. The summed E-state index contributed by atoms with van der Waals surface area (Å²) in [7, 11) is 2.63. The van der Waals surface area contributed by atoms with Gasteiger partial charge in [0.25, 0.3) is 0 Å². The van der Waals surface area contributed by atoms with Crippen molar-refractivity contribution in [2.24, 2.45) is 0 Å². The number of hydrogen-bond donors (Lipinski definition) is 2. The van der Waals surface area contributed by atoms with Gasteiger partial charge in [0.2, 0.25) is 11.8 Å². The van der Waals surface area contributed by atoms with Crippen LogP contribution in [0.5, 0.6) is 0 Å². The fraction of sp³-hybridized carbons (Fsp3) is 0.391. The molecule has 1 saturated heterocycles. The highest BCUT2D eigenvalue weighted by Gasteiger charge is 2.46. The van der Waals surface area contributed by atoms with Gasteiger partial charge >= 0.3 is 6.18 Å². The van der Waals surface area contributed by atoms with E-state index in [2.05, 4.69) is 20.7 Å². The number of hydrogen-bond acceptors (Lipinski definition) is 6. The Morgan fingerprint density at radius 1 is 1.33 bits per heavy atom. The lowest BCUT2D eigenvalue weighted by Gasteiger charge is -2.32. The summed E-state index contributed by atoms with van der Waals surface area (Å²) in [5.41, 5.74) is 2.06. The number of imidazole rings is 1. The molecule has 2 amide bonds. The first-order valence-electron chi connectivity index (χ1n) is 11.1. The quantitative estimate of drug-likeness (QED) is 0.481. The summed E-state index contributed by atoms with van der Waals surface area (Å²) in [6, 6.07) is 2.42. The Morgan fingerprint density at radius 2 is 2.03 bits per heavy atom. The van der Waals surface area contributed by atoms with Crippen LogP contribution in [0.15, 0.2) is 36.7 Å². The Kier molecular flexibility index (Phi) is 7.10. The van der Waals surface area contributed by atoms with Crippen molar-refractivity contribution in [2.75, 3.05) is 19.5 Å². The Balaban J connectivity index is 1.61. The maximum atomic E-state index is 14.0. The molecule has 192 valence electrons. The number of aromatic nitrogens is 3. The summed E-state index contributed by atoms with van der Waals surface area (Å²) in [4.78, 5) is 29.0. The van der Waals surface area contributed by atoms with Crippen molar-refractivity contribution in [1.82, 2.24) is 24.8 Å². The van der Waals surface area contributed by atoms with E-state index in [9.17, 15) is 22.8 Å². The van der Waals surface area contributed by atoms with Gasteiger partial charge in [0, 0.05) is 26.3 Å². The Morgan fingerprint density at radius 3 is 2.61 bits per heavy atom. The lowest BCUT2D eigenvalue weighted by Crippen LogP contribution is -2.47. The number of ether oxygens (including phenoxy) is 1. The lowest BCUT2D eigenvalue weighted by molar-refractivity contribution is -0.189. The molecule has 3 heterocycles. The molecule has 1 fully saturated rings. The predicted octanol–water partition coefficient (Wildman–Crippen LogP) is 4.17. The molecular weight excluding hydrogens is 501 g/mol. The molecule has 0 saturated carbocycles. The van der Waals surface area contributed by atoms with E-state index >= 15 is 0 Å². The first-order chi connectivity index (χ1) is 17.0. The average molecular weight is 525 g/mol. The summed E-state index contributed by atoms with van der Waals surface area (Å²) in [6.07, 6.45) is -1.74. The van der Waals surface area contributed by atoms with Crippen molar-refractivity contribution in [3.63, 3.8) is 0 Å². The molecule has 1 aromatic carbocycles. The van der Waals surface area contributed by atoms with Crippen molar-refractivity contribution >= 4 is 40.4 Å². The van der Waals surface area contributed by atoms with E-state index in [0.29, 0.717) is 27.5 Å². The van der Waals surface area contributed by atoms with Gasteiger partial charge in [0.05, 0.1) is 29.7 Å². The molecule has 2 N–H and O–H groups in total. The van der Waals surface area contributed by atoms with Gasteiger partial charge in [0.1, 0.15) is 11.2 Å². The van der Waals surface area contributed by atoms with Crippen LogP contribution in [-0.2, 0) is 14.3 Å². The molecule has 0 radical (unpaired) electrons. The van der Waals surface area contributed by atoms with E-state index in [-0.39, 0.29) is 35.6 Å². The minimum absolute atomic E-state index is 0.108. The number of carbonyl (C=O) groups excluding carboxylic acids is 2. The molecule has 0 unspecified atom stereocenters. The van der Waals surface area contributed by atoms with E-state index in [0.717, 1.165) is 7.05 Å². The molecule has 0 spiro atoms. The molecule has 2 aromatic heterocycles. The Hall–Kier alpha value is -3.38. The number of alkyl halides is 3. The molecule has 1 aliphatic rings. The first kappa shape index (κ1) is 25.7. The van der Waals surface area contributed by atoms with E-state index < -0.39 is 24.2 Å². The number of halogens is 4. The third-order valence-electron chi connectivity index (χ3n) is 6.10. The highest BCUT2D eigenvalue weighted by atomic mass is 35.5. The van der Waals surface area contributed by atoms with E-state index in [1.807, 2.05) is 6.92 Å². The van der Waals surface area contributed by atoms with Crippen molar-refractivity contribution in [3.8, 4) is 0 Å². The van der Waals surface area contributed by atoms with Crippen LogP contribution in [0.25, 0.3) is 5.65 Å². The maximum Gasteiger partial charge on any atom is 0.413 e. The number of fused-ring (bicyclic) bond motifs is 1. The molecular formula is C23H24ClF3N6O3. The van der Waals surface area contributed by atoms with Gasteiger partial charge in [-0.05, 0) is 31.0 Å².